The summed E-state index contributed by atoms with van der Waals surface area (Å²) in [5, 5.41) is 0. The van der Waals surface area contributed by atoms with Crippen molar-refractivity contribution in [3.8, 4) is 5.88 Å². The molecule has 0 saturated carbocycles. The summed E-state index contributed by atoms with van der Waals surface area (Å²) < 4.78 is 10.2. The van der Waals surface area contributed by atoms with Crippen LogP contribution in [0.1, 0.15) is 41.0 Å². The zero-order valence-corrected chi connectivity index (χ0v) is 15.5. The molecule has 2 rings (SSSR count). The minimum absolute atomic E-state index is 0.0300. The van der Waals surface area contributed by atoms with E-state index in [-0.39, 0.29) is 5.56 Å². The third kappa shape index (κ3) is 4.51. The number of rotatable bonds is 6. The minimum atomic E-state index is -0.680. The molecule has 0 unspecified atom stereocenters. The number of allylic oxidation sites excluding steroid dienone is 2. The van der Waals surface area contributed by atoms with Gasteiger partial charge in [0.25, 0.3) is 0 Å². The van der Waals surface area contributed by atoms with E-state index in [1.807, 2.05) is 56.3 Å². The highest BCUT2D eigenvalue weighted by Gasteiger charge is 2.21. The fraction of sp³-hybridized carbons (Fsp3) is 0.238. The van der Waals surface area contributed by atoms with Gasteiger partial charge in [-0.3, -0.25) is 4.79 Å². The predicted octanol–water partition coefficient (Wildman–Crippen LogP) is 3.85. The van der Waals surface area contributed by atoms with Crippen LogP contribution in [-0.2, 0) is 11.2 Å². The number of hydrogen-bond donors (Lipinski definition) is 1. The molecule has 136 valence electrons. The molecule has 5 heteroatoms. The maximum Gasteiger partial charge on any atom is 0.344 e. The van der Waals surface area contributed by atoms with E-state index in [2.05, 4.69) is 4.98 Å². The zero-order chi connectivity index (χ0) is 19.1. The molecule has 0 atom stereocenters. The lowest BCUT2D eigenvalue weighted by Crippen LogP contribution is -2.23. The van der Waals surface area contributed by atoms with Crippen molar-refractivity contribution < 1.29 is 14.3 Å². The highest BCUT2D eigenvalue weighted by Crippen LogP contribution is 2.19. The van der Waals surface area contributed by atoms with Crippen LogP contribution < -0.4 is 10.2 Å². The van der Waals surface area contributed by atoms with Gasteiger partial charge < -0.3 is 14.5 Å². The molecule has 1 N–H and O–H groups in total. The minimum Gasteiger partial charge on any atom is -0.482 e. The Bertz CT molecular complexity index is 888. The van der Waals surface area contributed by atoms with Gasteiger partial charge in [-0.1, -0.05) is 48.1 Å². The number of nitrogens with one attached hydrogen (secondary N) is 1. The second-order valence-electron chi connectivity index (χ2n) is 5.98. The molecule has 0 aliphatic rings. The highest BCUT2D eigenvalue weighted by atomic mass is 16.5. The maximum atomic E-state index is 12.9. The Kier molecular flexibility index (Phi) is 6.55. The summed E-state index contributed by atoms with van der Waals surface area (Å²) in [6.07, 6.45) is 5.77. The number of pyridine rings is 1. The first-order valence-electron chi connectivity index (χ1n) is 8.25. The Balaban J connectivity index is 2.61. The van der Waals surface area contributed by atoms with Gasteiger partial charge in [-0.25, -0.2) is 4.79 Å². The maximum absolute atomic E-state index is 12.9. The average Bonchev–Trinajstić information content (AvgIpc) is 2.65. The van der Waals surface area contributed by atoms with Crippen LogP contribution in [-0.4, -0.2) is 25.2 Å². The third-order valence-electron chi connectivity index (χ3n) is 3.84. The summed E-state index contributed by atoms with van der Waals surface area (Å²) in [6.45, 7) is 3.89. The zero-order valence-electron chi connectivity index (χ0n) is 15.5. The molecule has 2 aromatic rings. The quantitative estimate of drug-likeness (QED) is 0.633. The largest absolute Gasteiger partial charge is 0.482 e. The Labute approximate surface area is 153 Å². The standard InChI is InChI=1S/C21H23NO4/c1-14(2)10-12-16-19(23)18(21(24)26-4)17(22-20(16)25-3)13-11-15-8-6-5-7-9-15/h5-11,13H,12H2,1-4H3,(H,22,23)/b13-11-. The first-order valence-corrected chi connectivity index (χ1v) is 8.25. The number of carbonyl (C=O) groups is 1. The molecule has 1 aromatic heterocycles. The summed E-state index contributed by atoms with van der Waals surface area (Å²) in [4.78, 5) is 28.2. The van der Waals surface area contributed by atoms with Gasteiger partial charge in [0.2, 0.25) is 5.43 Å². The van der Waals surface area contributed by atoms with Gasteiger partial charge in [-0.05, 0) is 31.9 Å². The Morgan fingerprint density at radius 1 is 1.12 bits per heavy atom. The number of aromatic amines is 1. The van der Waals surface area contributed by atoms with Crippen LogP contribution in [0, 0.1) is 0 Å². The van der Waals surface area contributed by atoms with Crippen LogP contribution >= 0.6 is 0 Å². The number of aromatic nitrogens is 1. The van der Waals surface area contributed by atoms with Crippen LogP contribution in [0.5, 0.6) is 5.88 Å². The summed E-state index contributed by atoms with van der Waals surface area (Å²) in [5.74, 6) is -0.340. The number of ether oxygens (including phenoxy) is 2. The van der Waals surface area contributed by atoms with Gasteiger partial charge in [0.05, 0.1) is 25.5 Å². The van der Waals surface area contributed by atoms with Crippen LogP contribution in [0.3, 0.4) is 0 Å². The average molecular weight is 353 g/mol. The van der Waals surface area contributed by atoms with E-state index in [9.17, 15) is 9.59 Å². The van der Waals surface area contributed by atoms with Crippen LogP contribution in [0.15, 0.2) is 46.8 Å². The van der Waals surface area contributed by atoms with Crippen molar-refractivity contribution in [1.82, 2.24) is 4.98 Å². The van der Waals surface area contributed by atoms with Crippen molar-refractivity contribution in [2.45, 2.75) is 20.3 Å². The van der Waals surface area contributed by atoms with Gasteiger partial charge in [0.15, 0.2) is 5.88 Å². The van der Waals surface area contributed by atoms with E-state index in [1.54, 1.807) is 6.08 Å². The lowest BCUT2D eigenvalue weighted by atomic mass is 10.0. The molecule has 0 fully saturated rings. The van der Waals surface area contributed by atoms with Crippen molar-refractivity contribution in [2.24, 2.45) is 0 Å². The topological polar surface area (TPSA) is 68.4 Å². The first kappa shape index (κ1) is 19.2. The number of hydrogen-bond acceptors (Lipinski definition) is 4. The summed E-state index contributed by atoms with van der Waals surface area (Å²) >= 11 is 0. The van der Waals surface area contributed by atoms with Crippen molar-refractivity contribution in [3.05, 3.63) is 74.6 Å². The van der Waals surface area contributed by atoms with Crippen LogP contribution in [0.4, 0.5) is 0 Å². The molecular weight excluding hydrogens is 330 g/mol. The first-order chi connectivity index (χ1) is 12.5. The van der Waals surface area contributed by atoms with Gasteiger partial charge >= 0.3 is 5.97 Å². The van der Waals surface area contributed by atoms with Crippen molar-refractivity contribution in [1.29, 1.82) is 0 Å². The monoisotopic (exact) mass is 353 g/mol. The number of benzene rings is 1. The fourth-order valence-corrected chi connectivity index (χ4v) is 2.48. The molecule has 0 aliphatic carbocycles. The van der Waals surface area contributed by atoms with Crippen LogP contribution in [0.25, 0.3) is 12.2 Å². The molecule has 1 aromatic carbocycles. The van der Waals surface area contributed by atoms with Gasteiger partial charge in [-0.2, -0.15) is 0 Å². The highest BCUT2D eigenvalue weighted by molar-refractivity contribution is 5.94. The predicted molar refractivity (Wildman–Crippen MR) is 103 cm³/mol. The van der Waals surface area contributed by atoms with Crippen molar-refractivity contribution in [2.75, 3.05) is 14.2 Å². The third-order valence-corrected chi connectivity index (χ3v) is 3.84. The van der Waals surface area contributed by atoms with E-state index in [4.69, 9.17) is 9.47 Å². The molecular formula is C21H23NO4. The molecule has 5 nitrogen and oxygen atoms in total. The molecule has 1 heterocycles. The lowest BCUT2D eigenvalue weighted by Gasteiger charge is -2.12. The molecule has 0 amide bonds. The number of methoxy groups -OCH3 is 2. The summed E-state index contributed by atoms with van der Waals surface area (Å²) in [6, 6.07) is 9.58. The molecule has 0 spiro atoms. The van der Waals surface area contributed by atoms with E-state index in [0.29, 0.717) is 23.6 Å². The normalized spacial score (nSPS) is 10.6. The van der Waals surface area contributed by atoms with Crippen molar-refractivity contribution >= 4 is 18.1 Å². The SMILES string of the molecule is COC(=O)c1c(/C=C\c2ccccc2)[nH]c(OC)c(CC=C(C)C)c1=O. The molecule has 0 bridgehead atoms. The molecule has 26 heavy (non-hydrogen) atoms. The lowest BCUT2D eigenvalue weighted by molar-refractivity contribution is 0.0598. The molecule has 0 radical (unpaired) electrons. The Hall–Kier alpha value is -3.08. The second-order valence-corrected chi connectivity index (χ2v) is 5.98. The van der Waals surface area contributed by atoms with Crippen molar-refractivity contribution in [3.63, 3.8) is 0 Å². The smallest absolute Gasteiger partial charge is 0.344 e. The van der Waals surface area contributed by atoms with E-state index in [0.717, 1.165) is 11.1 Å². The Morgan fingerprint density at radius 2 is 1.81 bits per heavy atom. The van der Waals surface area contributed by atoms with E-state index < -0.39 is 11.4 Å². The fourth-order valence-electron chi connectivity index (χ4n) is 2.48. The van der Waals surface area contributed by atoms with E-state index >= 15 is 0 Å². The van der Waals surface area contributed by atoms with Gasteiger partial charge in [-0.15, -0.1) is 0 Å². The Morgan fingerprint density at radius 3 is 2.38 bits per heavy atom. The number of esters is 1. The molecule has 0 aliphatic heterocycles. The van der Waals surface area contributed by atoms with Crippen LogP contribution in [0.2, 0.25) is 0 Å². The number of carbonyl (C=O) groups excluding carboxylic acids is 1. The number of H-pyrrole nitrogens is 1. The van der Waals surface area contributed by atoms with Gasteiger partial charge in [0, 0.05) is 0 Å². The van der Waals surface area contributed by atoms with Gasteiger partial charge in [0.1, 0.15) is 5.56 Å². The van der Waals surface area contributed by atoms with E-state index in [1.165, 1.54) is 14.2 Å². The molecule has 0 saturated heterocycles. The second kappa shape index (κ2) is 8.85. The summed E-state index contributed by atoms with van der Waals surface area (Å²) in [7, 11) is 2.74. The summed E-state index contributed by atoms with van der Waals surface area (Å²) in [5.41, 5.74) is 2.33.